The number of hydrogen-bond donors (Lipinski definition) is 2. The Morgan fingerprint density at radius 3 is 2.94 bits per heavy atom. The monoisotopic (exact) mass is 311 g/mol. The van der Waals surface area contributed by atoms with E-state index in [2.05, 4.69) is 37.7 Å². The minimum atomic E-state index is 0.788. The van der Waals surface area contributed by atoms with Crippen LogP contribution in [-0.2, 0) is 13.0 Å². The molecule has 0 aliphatic heterocycles. The van der Waals surface area contributed by atoms with Crippen LogP contribution >= 0.6 is 27.3 Å². The Labute approximate surface area is 113 Å². The highest BCUT2D eigenvalue weighted by molar-refractivity contribution is 9.10. The van der Waals surface area contributed by atoms with Gasteiger partial charge in [0.2, 0.25) is 0 Å². The zero-order valence-electron chi connectivity index (χ0n) is 9.32. The molecule has 0 amide bonds. The summed E-state index contributed by atoms with van der Waals surface area (Å²) in [5, 5.41) is 5.46. The van der Waals surface area contributed by atoms with E-state index in [0.717, 1.165) is 35.4 Å². The second kappa shape index (κ2) is 6.14. The van der Waals surface area contributed by atoms with Gasteiger partial charge in [-0.2, -0.15) is 0 Å². The van der Waals surface area contributed by atoms with Crippen molar-refractivity contribution in [2.75, 3.05) is 12.3 Å². The Kier molecular flexibility index (Phi) is 4.53. The summed E-state index contributed by atoms with van der Waals surface area (Å²) >= 11 is 5.07. The minimum Gasteiger partial charge on any atom is -0.399 e. The van der Waals surface area contributed by atoms with Gasteiger partial charge in [-0.25, -0.2) is 4.98 Å². The number of nitrogens with two attached hydrogens (primary N) is 1. The van der Waals surface area contributed by atoms with Gasteiger partial charge in [0, 0.05) is 35.1 Å². The lowest BCUT2D eigenvalue weighted by Crippen LogP contribution is -2.16. The van der Waals surface area contributed by atoms with Crippen molar-refractivity contribution in [3.05, 3.63) is 44.8 Å². The van der Waals surface area contributed by atoms with E-state index in [1.165, 1.54) is 5.56 Å². The van der Waals surface area contributed by atoms with Gasteiger partial charge in [-0.1, -0.05) is 15.9 Å². The fraction of sp³-hybridized carbons (Fsp3) is 0.250. The number of hydrogen-bond acceptors (Lipinski definition) is 4. The molecule has 0 aliphatic carbocycles. The smallest absolute Gasteiger partial charge is 0.0794 e. The number of halogens is 1. The molecule has 0 bridgehead atoms. The predicted molar refractivity (Wildman–Crippen MR) is 76.1 cm³/mol. The van der Waals surface area contributed by atoms with E-state index in [1.54, 1.807) is 11.3 Å². The summed E-state index contributed by atoms with van der Waals surface area (Å²) in [5.41, 5.74) is 10.8. The van der Waals surface area contributed by atoms with Gasteiger partial charge in [0.1, 0.15) is 0 Å². The van der Waals surface area contributed by atoms with E-state index in [9.17, 15) is 0 Å². The van der Waals surface area contributed by atoms with Crippen molar-refractivity contribution in [2.24, 2.45) is 0 Å². The maximum Gasteiger partial charge on any atom is 0.0794 e. The van der Waals surface area contributed by atoms with Crippen molar-refractivity contribution in [2.45, 2.75) is 13.0 Å². The van der Waals surface area contributed by atoms with Crippen LogP contribution in [0.25, 0.3) is 0 Å². The predicted octanol–water partition coefficient (Wildman–Crippen LogP) is 2.82. The van der Waals surface area contributed by atoms with Crippen LogP contribution < -0.4 is 11.1 Å². The molecule has 2 rings (SSSR count). The maximum absolute atomic E-state index is 5.77. The molecule has 0 aliphatic rings. The molecule has 90 valence electrons. The van der Waals surface area contributed by atoms with Crippen molar-refractivity contribution in [3.8, 4) is 0 Å². The lowest BCUT2D eigenvalue weighted by atomic mass is 10.2. The van der Waals surface area contributed by atoms with E-state index in [-0.39, 0.29) is 0 Å². The molecule has 0 fully saturated rings. The van der Waals surface area contributed by atoms with Gasteiger partial charge < -0.3 is 11.1 Å². The molecule has 1 aromatic carbocycles. The summed E-state index contributed by atoms with van der Waals surface area (Å²) in [6, 6.07) is 5.96. The van der Waals surface area contributed by atoms with E-state index >= 15 is 0 Å². The van der Waals surface area contributed by atoms with Crippen LogP contribution in [0, 0.1) is 0 Å². The number of rotatable bonds is 5. The zero-order valence-corrected chi connectivity index (χ0v) is 11.7. The molecule has 0 atom stereocenters. The lowest BCUT2D eigenvalue weighted by Gasteiger charge is -2.05. The van der Waals surface area contributed by atoms with Crippen molar-refractivity contribution in [1.82, 2.24) is 10.3 Å². The number of thiazole rings is 1. The number of aromatic nitrogens is 1. The van der Waals surface area contributed by atoms with Crippen LogP contribution in [0.3, 0.4) is 0 Å². The first-order chi connectivity index (χ1) is 8.24. The Bertz CT molecular complexity index is 450. The number of nitrogens with zero attached hydrogens (tertiary/aromatic N) is 1. The summed E-state index contributed by atoms with van der Waals surface area (Å²) in [4.78, 5) is 4.24. The first-order valence-corrected chi connectivity index (χ1v) is 7.10. The van der Waals surface area contributed by atoms with Crippen LogP contribution in [0.15, 0.2) is 33.6 Å². The van der Waals surface area contributed by atoms with Gasteiger partial charge in [-0.3, -0.25) is 0 Å². The Morgan fingerprint density at radius 2 is 2.24 bits per heavy atom. The van der Waals surface area contributed by atoms with Crippen LogP contribution in [0.1, 0.15) is 11.3 Å². The molecule has 0 spiro atoms. The molecule has 1 heterocycles. The molecule has 0 radical (unpaired) electrons. The van der Waals surface area contributed by atoms with E-state index in [4.69, 9.17) is 5.73 Å². The van der Waals surface area contributed by atoms with E-state index < -0.39 is 0 Å². The number of anilines is 1. The second-order valence-electron chi connectivity index (χ2n) is 3.80. The van der Waals surface area contributed by atoms with E-state index in [1.807, 2.05) is 17.6 Å². The van der Waals surface area contributed by atoms with Crippen LogP contribution in [-0.4, -0.2) is 11.5 Å². The quantitative estimate of drug-likeness (QED) is 0.659. The summed E-state index contributed by atoms with van der Waals surface area (Å²) in [5.74, 6) is 0. The fourth-order valence-electron chi connectivity index (χ4n) is 1.59. The third kappa shape index (κ3) is 4.11. The van der Waals surface area contributed by atoms with E-state index in [0.29, 0.717) is 0 Å². The van der Waals surface area contributed by atoms with Crippen LogP contribution in [0.5, 0.6) is 0 Å². The molecule has 0 saturated carbocycles. The standard InChI is InChI=1S/C12H14BrN3S/c13-10-3-9(4-11(14)5-10)6-15-2-1-12-7-17-8-16-12/h3-5,7-8,15H,1-2,6,14H2. The maximum atomic E-state index is 5.77. The zero-order chi connectivity index (χ0) is 12.1. The van der Waals surface area contributed by atoms with Gasteiger partial charge in [-0.05, 0) is 23.8 Å². The summed E-state index contributed by atoms with van der Waals surface area (Å²) in [6.07, 6.45) is 0.965. The average molecular weight is 312 g/mol. The third-order valence-electron chi connectivity index (χ3n) is 2.35. The SMILES string of the molecule is Nc1cc(Br)cc(CNCCc2cscn2)c1. The highest BCUT2D eigenvalue weighted by Gasteiger charge is 1.98. The number of nitrogens with one attached hydrogen (secondary N) is 1. The van der Waals surface area contributed by atoms with Crippen LogP contribution in [0.2, 0.25) is 0 Å². The van der Waals surface area contributed by atoms with Crippen molar-refractivity contribution < 1.29 is 0 Å². The fourth-order valence-corrected chi connectivity index (χ4v) is 2.74. The Hall–Kier alpha value is -0.910. The van der Waals surface area contributed by atoms with Crippen molar-refractivity contribution in [1.29, 1.82) is 0 Å². The van der Waals surface area contributed by atoms with Gasteiger partial charge >= 0.3 is 0 Å². The van der Waals surface area contributed by atoms with Gasteiger partial charge in [0.15, 0.2) is 0 Å². The number of nitrogen functional groups attached to an aromatic ring is 1. The van der Waals surface area contributed by atoms with Crippen molar-refractivity contribution in [3.63, 3.8) is 0 Å². The molecule has 0 saturated heterocycles. The lowest BCUT2D eigenvalue weighted by molar-refractivity contribution is 0.681. The highest BCUT2D eigenvalue weighted by Crippen LogP contribution is 2.17. The van der Waals surface area contributed by atoms with Gasteiger partial charge in [0.05, 0.1) is 11.2 Å². The topological polar surface area (TPSA) is 50.9 Å². The Morgan fingerprint density at radius 1 is 1.35 bits per heavy atom. The molecule has 2 aromatic rings. The molecule has 3 N–H and O–H groups in total. The Balaban J connectivity index is 1.78. The van der Waals surface area contributed by atoms with Crippen molar-refractivity contribution >= 4 is 33.0 Å². The summed E-state index contributed by atoms with van der Waals surface area (Å²) in [6.45, 7) is 1.75. The summed E-state index contributed by atoms with van der Waals surface area (Å²) < 4.78 is 1.02. The average Bonchev–Trinajstić information content (AvgIpc) is 2.76. The largest absolute Gasteiger partial charge is 0.399 e. The molecular weight excluding hydrogens is 298 g/mol. The first-order valence-electron chi connectivity index (χ1n) is 5.37. The summed E-state index contributed by atoms with van der Waals surface area (Å²) in [7, 11) is 0. The molecule has 5 heteroatoms. The highest BCUT2D eigenvalue weighted by atomic mass is 79.9. The van der Waals surface area contributed by atoms with Crippen LogP contribution in [0.4, 0.5) is 5.69 Å². The molecular formula is C12H14BrN3S. The van der Waals surface area contributed by atoms with Gasteiger partial charge in [0.25, 0.3) is 0 Å². The van der Waals surface area contributed by atoms with Gasteiger partial charge in [-0.15, -0.1) is 11.3 Å². The second-order valence-corrected chi connectivity index (χ2v) is 5.43. The molecule has 0 unspecified atom stereocenters. The molecule has 1 aromatic heterocycles. The molecule has 3 nitrogen and oxygen atoms in total. The first kappa shape index (κ1) is 12.5. The minimum absolute atomic E-state index is 0.788. The molecule has 17 heavy (non-hydrogen) atoms. The number of benzene rings is 1. The third-order valence-corrected chi connectivity index (χ3v) is 3.44. The normalized spacial score (nSPS) is 10.6.